The van der Waals surface area contributed by atoms with Crippen molar-refractivity contribution in [2.45, 2.75) is 44.6 Å². The fourth-order valence-corrected chi connectivity index (χ4v) is 4.14. The van der Waals surface area contributed by atoms with Gasteiger partial charge in [0.05, 0.1) is 40.5 Å². The number of nitriles is 1. The number of rotatable bonds is 10. The second-order valence-electron chi connectivity index (χ2n) is 8.11. The monoisotopic (exact) mass is 525 g/mol. The predicted molar refractivity (Wildman–Crippen MR) is 122 cm³/mol. The third-order valence-corrected chi connectivity index (χ3v) is 5.97. The standard InChI is InChI=1S/C24H20Cl2F3N3O3/c25-19-10-31-11-20(26)21(19)22-18(23(35-32-22)16-2-3-16)13-34-5-1-4-33-12-15-6-14(9-30)7-17(8-15)24(27,28)29/h6-8,10-11,16H,1-5,12-13H2. The lowest BCUT2D eigenvalue weighted by molar-refractivity contribution is -0.137. The number of pyridine rings is 1. The van der Waals surface area contributed by atoms with E-state index in [1.165, 1.54) is 18.5 Å². The first-order valence-electron chi connectivity index (χ1n) is 10.8. The summed E-state index contributed by atoms with van der Waals surface area (Å²) in [5.74, 6) is 1.06. The molecule has 1 saturated carbocycles. The Kier molecular flexibility index (Phi) is 7.97. The summed E-state index contributed by atoms with van der Waals surface area (Å²) in [6, 6.07) is 4.93. The van der Waals surface area contributed by atoms with Gasteiger partial charge in [0.25, 0.3) is 0 Å². The number of benzene rings is 1. The van der Waals surface area contributed by atoms with Gasteiger partial charge in [-0.15, -0.1) is 0 Å². The van der Waals surface area contributed by atoms with Crippen LogP contribution in [0.2, 0.25) is 10.0 Å². The Morgan fingerprint density at radius 3 is 2.37 bits per heavy atom. The van der Waals surface area contributed by atoms with Gasteiger partial charge in [-0.2, -0.15) is 18.4 Å². The summed E-state index contributed by atoms with van der Waals surface area (Å²) >= 11 is 12.6. The average molecular weight is 526 g/mol. The SMILES string of the molecule is N#Cc1cc(COCCCOCc2c(-c3c(Cl)cncc3Cl)noc2C2CC2)cc(C(F)(F)F)c1. The highest BCUT2D eigenvalue weighted by molar-refractivity contribution is 6.38. The minimum atomic E-state index is -4.53. The van der Waals surface area contributed by atoms with Gasteiger partial charge < -0.3 is 14.0 Å². The van der Waals surface area contributed by atoms with E-state index in [9.17, 15) is 13.2 Å². The maximum absolute atomic E-state index is 13.0. The van der Waals surface area contributed by atoms with Crippen LogP contribution >= 0.6 is 23.2 Å². The van der Waals surface area contributed by atoms with Crippen LogP contribution in [-0.4, -0.2) is 23.4 Å². The topological polar surface area (TPSA) is 81.2 Å². The molecule has 1 fully saturated rings. The molecule has 0 atom stereocenters. The second kappa shape index (κ2) is 11.0. The first-order chi connectivity index (χ1) is 16.8. The molecule has 0 amide bonds. The van der Waals surface area contributed by atoms with Crippen molar-refractivity contribution in [3.05, 3.63) is 68.7 Å². The van der Waals surface area contributed by atoms with Crippen LogP contribution in [0.15, 0.2) is 35.1 Å². The van der Waals surface area contributed by atoms with Gasteiger partial charge in [0.2, 0.25) is 0 Å². The van der Waals surface area contributed by atoms with Crippen molar-refractivity contribution in [1.29, 1.82) is 5.26 Å². The Morgan fingerprint density at radius 2 is 1.74 bits per heavy atom. The van der Waals surface area contributed by atoms with Crippen LogP contribution in [0, 0.1) is 11.3 Å². The van der Waals surface area contributed by atoms with Crippen LogP contribution in [0.3, 0.4) is 0 Å². The number of nitrogens with zero attached hydrogens (tertiary/aromatic N) is 3. The highest BCUT2D eigenvalue weighted by atomic mass is 35.5. The van der Waals surface area contributed by atoms with Crippen LogP contribution in [-0.2, 0) is 28.9 Å². The van der Waals surface area contributed by atoms with Crippen molar-refractivity contribution in [2.75, 3.05) is 13.2 Å². The number of aromatic nitrogens is 2. The van der Waals surface area contributed by atoms with Gasteiger partial charge >= 0.3 is 6.18 Å². The number of hydrogen-bond donors (Lipinski definition) is 0. The number of hydrogen-bond acceptors (Lipinski definition) is 6. The average Bonchev–Trinajstić information content (AvgIpc) is 3.58. The van der Waals surface area contributed by atoms with Crippen molar-refractivity contribution in [2.24, 2.45) is 0 Å². The van der Waals surface area contributed by atoms with E-state index in [1.54, 1.807) is 6.07 Å². The molecule has 35 heavy (non-hydrogen) atoms. The van der Waals surface area contributed by atoms with Gasteiger partial charge in [0.15, 0.2) is 0 Å². The zero-order chi connectivity index (χ0) is 25.0. The van der Waals surface area contributed by atoms with Crippen LogP contribution in [0.1, 0.15) is 53.2 Å². The molecule has 2 heterocycles. The van der Waals surface area contributed by atoms with Crippen LogP contribution in [0.4, 0.5) is 13.2 Å². The maximum atomic E-state index is 13.0. The number of ether oxygens (including phenoxy) is 2. The summed E-state index contributed by atoms with van der Waals surface area (Å²) in [5.41, 5.74) is 1.20. The van der Waals surface area contributed by atoms with Crippen molar-refractivity contribution < 1.29 is 27.2 Å². The third kappa shape index (κ3) is 6.33. The molecule has 0 saturated heterocycles. The van der Waals surface area contributed by atoms with Gasteiger partial charge in [-0.05, 0) is 43.0 Å². The molecule has 0 aliphatic heterocycles. The minimum absolute atomic E-state index is 0.0424. The quantitative estimate of drug-likeness (QED) is 0.267. The van der Waals surface area contributed by atoms with Crippen molar-refractivity contribution in [1.82, 2.24) is 10.1 Å². The first-order valence-corrected chi connectivity index (χ1v) is 11.6. The van der Waals surface area contributed by atoms with Crippen molar-refractivity contribution in [3.8, 4) is 17.3 Å². The van der Waals surface area contributed by atoms with Crippen molar-refractivity contribution in [3.63, 3.8) is 0 Å². The van der Waals surface area contributed by atoms with E-state index >= 15 is 0 Å². The summed E-state index contributed by atoms with van der Waals surface area (Å²) in [7, 11) is 0. The summed E-state index contributed by atoms with van der Waals surface area (Å²) in [4.78, 5) is 3.97. The molecule has 2 aromatic heterocycles. The normalized spacial score (nSPS) is 13.7. The molecule has 1 aromatic carbocycles. The molecule has 6 nitrogen and oxygen atoms in total. The van der Waals surface area contributed by atoms with Gasteiger partial charge in [-0.25, -0.2) is 0 Å². The van der Waals surface area contributed by atoms with E-state index in [-0.39, 0.29) is 30.9 Å². The van der Waals surface area contributed by atoms with E-state index in [4.69, 9.17) is 42.5 Å². The maximum Gasteiger partial charge on any atom is 0.416 e. The largest absolute Gasteiger partial charge is 0.416 e. The molecule has 1 aliphatic rings. The third-order valence-electron chi connectivity index (χ3n) is 5.40. The predicted octanol–water partition coefficient (Wildman–Crippen LogP) is 6.93. The van der Waals surface area contributed by atoms with E-state index in [2.05, 4.69) is 10.1 Å². The molecule has 0 spiro atoms. The Bertz CT molecular complexity index is 1220. The molecule has 0 unspecified atom stereocenters. The molecular formula is C24H20Cl2F3N3O3. The summed E-state index contributed by atoms with van der Waals surface area (Å²) in [6.45, 7) is 0.808. The number of alkyl halides is 3. The van der Waals surface area contributed by atoms with Gasteiger partial charge in [-0.3, -0.25) is 4.98 Å². The summed E-state index contributed by atoms with van der Waals surface area (Å²) in [6.07, 6.45) is 0.980. The van der Waals surface area contributed by atoms with Gasteiger partial charge in [0, 0.05) is 42.7 Å². The fourth-order valence-electron chi connectivity index (χ4n) is 3.59. The van der Waals surface area contributed by atoms with Crippen LogP contribution in [0.25, 0.3) is 11.3 Å². The number of halogens is 5. The lowest BCUT2D eigenvalue weighted by Gasteiger charge is -2.11. The molecule has 11 heteroatoms. The Hall–Kier alpha value is -2.64. The Morgan fingerprint density at radius 1 is 1.06 bits per heavy atom. The molecule has 0 bridgehead atoms. The first kappa shape index (κ1) is 25.5. The van der Waals surface area contributed by atoms with Gasteiger partial charge in [0.1, 0.15) is 11.5 Å². The van der Waals surface area contributed by atoms with E-state index in [1.807, 2.05) is 0 Å². The lowest BCUT2D eigenvalue weighted by Crippen LogP contribution is -2.07. The highest BCUT2D eigenvalue weighted by Gasteiger charge is 2.33. The summed E-state index contributed by atoms with van der Waals surface area (Å²) < 4.78 is 55.9. The van der Waals surface area contributed by atoms with E-state index < -0.39 is 11.7 Å². The minimum Gasteiger partial charge on any atom is -0.377 e. The fraction of sp³-hybridized carbons (Fsp3) is 0.375. The van der Waals surface area contributed by atoms with Crippen LogP contribution in [0.5, 0.6) is 0 Å². The van der Waals surface area contributed by atoms with E-state index in [0.29, 0.717) is 40.2 Å². The zero-order valence-electron chi connectivity index (χ0n) is 18.4. The molecule has 3 aromatic rings. The molecule has 0 N–H and O–H groups in total. The van der Waals surface area contributed by atoms with Crippen LogP contribution < -0.4 is 0 Å². The highest BCUT2D eigenvalue weighted by Crippen LogP contribution is 2.45. The van der Waals surface area contributed by atoms with Crippen molar-refractivity contribution >= 4 is 23.2 Å². The Balaban J connectivity index is 1.31. The lowest BCUT2D eigenvalue weighted by atomic mass is 10.1. The zero-order valence-corrected chi connectivity index (χ0v) is 19.9. The smallest absolute Gasteiger partial charge is 0.377 e. The second-order valence-corrected chi connectivity index (χ2v) is 8.93. The molecule has 184 valence electrons. The Labute approximate surface area is 209 Å². The molecule has 0 radical (unpaired) electrons. The molecule has 1 aliphatic carbocycles. The summed E-state index contributed by atoms with van der Waals surface area (Å²) in [5, 5.41) is 13.9. The van der Waals surface area contributed by atoms with Gasteiger partial charge in [-0.1, -0.05) is 28.4 Å². The van der Waals surface area contributed by atoms with E-state index in [0.717, 1.165) is 36.3 Å². The molecule has 4 rings (SSSR count). The molecular weight excluding hydrogens is 506 g/mol.